The van der Waals surface area contributed by atoms with E-state index >= 15 is 0 Å². The Hall–Kier alpha value is -3.26. The lowest BCUT2D eigenvalue weighted by molar-refractivity contribution is -0.670. The van der Waals surface area contributed by atoms with E-state index in [1.165, 1.54) is 16.0 Å². The molecule has 0 aliphatic carbocycles. The summed E-state index contributed by atoms with van der Waals surface area (Å²) in [6, 6.07) is 9.43. The Kier molecular flexibility index (Phi) is 4.56. The van der Waals surface area contributed by atoms with E-state index in [0.29, 0.717) is 10.6 Å². The normalized spacial score (nSPS) is 12.0. The summed E-state index contributed by atoms with van der Waals surface area (Å²) in [7, 11) is 0. The molecule has 0 spiro atoms. The summed E-state index contributed by atoms with van der Waals surface area (Å²) in [6.45, 7) is 6.08. The van der Waals surface area contributed by atoms with Crippen LogP contribution in [0.1, 0.15) is 28.6 Å². The zero-order valence-corrected chi connectivity index (χ0v) is 16.6. The molecule has 142 valence electrons. The number of pyridine rings is 1. The van der Waals surface area contributed by atoms with Gasteiger partial charge in [0.1, 0.15) is 4.83 Å². The molecule has 1 aromatic carbocycles. The standard InChI is InChI=1S/C20H19N5O2S/c1-4-14-11(2)16-17(21)18(28-20(16)22-12(14)3)19(26)23-15-10-25(24-27-15)13-8-6-5-7-9-13/h5-10H,4H2,1-3H3,(H2-,21,23,24,26). The van der Waals surface area contributed by atoms with Crippen molar-refractivity contribution in [3.8, 4) is 5.69 Å². The maximum absolute atomic E-state index is 12.7. The largest absolute Gasteiger partial charge is 0.857 e. The predicted molar refractivity (Wildman–Crippen MR) is 107 cm³/mol. The molecule has 0 aliphatic rings. The number of aryl methyl sites for hydroxylation is 2. The number of anilines is 1. The van der Waals surface area contributed by atoms with Crippen LogP contribution in [0.4, 0.5) is 11.6 Å². The molecule has 7 nitrogen and oxygen atoms in total. The Morgan fingerprint density at radius 3 is 2.75 bits per heavy atom. The quantitative estimate of drug-likeness (QED) is 0.326. The number of aromatic nitrogens is 3. The average Bonchev–Trinajstić information content (AvgIpc) is 3.27. The van der Waals surface area contributed by atoms with Crippen LogP contribution in [0, 0.1) is 13.8 Å². The van der Waals surface area contributed by atoms with Gasteiger partial charge in [0.2, 0.25) is 11.0 Å². The van der Waals surface area contributed by atoms with Crippen molar-refractivity contribution in [2.45, 2.75) is 27.2 Å². The minimum absolute atomic E-state index is 0.112. The van der Waals surface area contributed by atoms with Crippen molar-refractivity contribution in [3.63, 3.8) is 0 Å². The van der Waals surface area contributed by atoms with E-state index in [1.54, 1.807) is 6.20 Å². The molecule has 3 aromatic heterocycles. The maximum Gasteiger partial charge on any atom is 0.321 e. The van der Waals surface area contributed by atoms with Crippen LogP contribution in [0.25, 0.3) is 15.9 Å². The van der Waals surface area contributed by atoms with Gasteiger partial charge in [-0.15, -0.1) is 11.3 Å². The van der Waals surface area contributed by atoms with Crippen LogP contribution in [-0.4, -0.2) is 16.2 Å². The third-order valence-electron chi connectivity index (χ3n) is 4.70. The first-order valence-corrected chi connectivity index (χ1v) is 9.69. The number of para-hydroxylation sites is 1. The number of hydrogen-bond acceptors (Lipinski definition) is 7. The van der Waals surface area contributed by atoms with Crippen LogP contribution in [0.5, 0.6) is 0 Å². The third kappa shape index (κ3) is 3.01. The minimum atomic E-state index is -0.466. The second-order valence-electron chi connectivity index (χ2n) is 6.42. The summed E-state index contributed by atoms with van der Waals surface area (Å²) in [5.41, 5.74) is 10.7. The first kappa shape index (κ1) is 18.1. The highest BCUT2D eigenvalue weighted by Gasteiger charge is 2.18. The van der Waals surface area contributed by atoms with E-state index in [9.17, 15) is 5.11 Å². The average molecular weight is 393 g/mol. The van der Waals surface area contributed by atoms with Crippen LogP contribution >= 0.6 is 11.3 Å². The van der Waals surface area contributed by atoms with Crippen molar-refractivity contribution in [2.75, 3.05) is 5.73 Å². The molecule has 0 aliphatic heterocycles. The highest BCUT2D eigenvalue weighted by atomic mass is 32.1. The summed E-state index contributed by atoms with van der Waals surface area (Å²) in [6.07, 6.45) is 2.42. The summed E-state index contributed by atoms with van der Waals surface area (Å²) in [5.74, 6) is -0.354. The van der Waals surface area contributed by atoms with Crippen LogP contribution < -0.4 is 15.5 Å². The Morgan fingerprint density at radius 2 is 2.04 bits per heavy atom. The summed E-state index contributed by atoms with van der Waals surface area (Å²) < 4.78 is 6.70. The van der Waals surface area contributed by atoms with E-state index in [-0.39, 0.29) is 5.88 Å². The van der Waals surface area contributed by atoms with Gasteiger partial charge >= 0.3 is 5.88 Å². The molecule has 0 bridgehead atoms. The van der Waals surface area contributed by atoms with Crippen molar-refractivity contribution < 1.29 is 14.3 Å². The Morgan fingerprint density at radius 1 is 1.29 bits per heavy atom. The second kappa shape index (κ2) is 7.05. The molecule has 2 N–H and O–H groups in total. The second-order valence-corrected chi connectivity index (χ2v) is 7.42. The molecule has 0 amide bonds. The topological polar surface area (TPSA) is 104 Å². The van der Waals surface area contributed by atoms with Crippen LogP contribution in [0.15, 0.2) is 46.0 Å². The number of thiophene rings is 1. The molecule has 0 saturated carbocycles. The summed E-state index contributed by atoms with van der Waals surface area (Å²) in [4.78, 5) is 9.78. The van der Waals surface area contributed by atoms with Gasteiger partial charge in [-0.3, -0.25) is 4.52 Å². The number of hydrogen-bond donors (Lipinski definition) is 1. The monoisotopic (exact) mass is 393 g/mol. The summed E-state index contributed by atoms with van der Waals surface area (Å²) in [5, 5.41) is 17.5. The molecule has 0 radical (unpaired) electrons. The van der Waals surface area contributed by atoms with Crippen LogP contribution in [0.3, 0.4) is 0 Å². The molecular weight excluding hydrogens is 374 g/mol. The fourth-order valence-electron chi connectivity index (χ4n) is 3.33. The van der Waals surface area contributed by atoms with Crippen LogP contribution in [0.2, 0.25) is 0 Å². The number of nitrogens with two attached hydrogens (primary N) is 1. The van der Waals surface area contributed by atoms with Gasteiger partial charge in [-0.25, -0.2) is 9.98 Å². The van der Waals surface area contributed by atoms with Gasteiger partial charge in [0, 0.05) is 29.1 Å². The van der Waals surface area contributed by atoms with Gasteiger partial charge in [0.25, 0.3) is 6.20 Å². The van der Waals surface area contributed by atoms with E-state index < -0.39 is 5.90 Å². The molecule has 3 heterocycles. The number of benzene rings is 1. The zero-order valence-electron chi connectivity index (χ0n) is 15.8. The van der Waals surface area contributed by atoms with E-state index in [4.69, 9.17) is 10.3 Å². The maximum atomic E-state index is 12.7. The number of nitrogen functional groups attached to an aromatic ring is 1. The molecule has 0 unspecified atom stereocenters. The highest BCUT2D eigenvalue weighted by molar-refractivity contribution is 7.21. The van der Waals surface area contributed by atoms with Crippen molar-refractivity contribution in [1.29, 1.82) is 0 Å². The fraction of sp³-hybridized carbons (Fsp3) is 0.200. The first-order chi connectivity index (χ1) is 13.5. The number of aliphatic imine (C=N–C) groups is 1. The molecule has 4 rings (SSSR count). The van der Waals surface area contributed by atoms with Crippen molar-refractivity contribution in [1.82, 2.24) is 10.3 Å². The molecule has 8 heteroatoms. The highest BCUT2D eigenvalue weighted by Crippen LogP contribution is 2.37. The molecule has 0 saturated heterocycles. The van der Waals surface area contributed by atoms with Gasteiger partial charge in [0.05, 0.1) is 10.6 Å². The van der Waals surface area contributed by atoms with Crippen molar-refractivity contribution in [3.05, 3.63) is 58.2 Å². The number of rotatable bonds is 4. The van der Waals surface area contributed by atoms with Gasteiger partial charge in [-0.1, -0.05) is 25.1 Å². The smallest absolute Gasteiger partial charge is 0.321 e. The number of nitrogens with zero attached hydrogens (tertiary/aromatic N) is 4. The lowest BCUT2D eigenvalue weighted by Gasteiger charge is -2.09. The van der Waals surface area contributed by atoms with Gasteiger partial charge in [-0.2, -0.15) is 0 Å². The third-order valence-corrected chi connectivity index (χ3v) is 5.78. The molecule has 0 atom stereocenters. The van der Waals surface area contributed by atoms with Crippen LogP contribution in [-0.2, 0) is 6.42 Å². The fourth-order valence-corrected chi connectivity index (χ4v) is 4.42. The van der Waals surface area contributed by atoms with Gasteiger partial charge < -0.3 is 10.8 Å². The predicted octanol–water partition coefficient (Wildman–Crippen LogP) is 2.76. The summed E-state index contributed by atoms with van der Waals surface area (Å²) >= 11 is 1.25. The Balaban J connectivity index is 1.75. The lowest BCUT2D eigenvalue weighted by atomic mass is 10.0. The van der Waals surface area contributed by atoms with Gasteiger partial charge in [-0.05, 0) is 36.1 Å². The molecule has 4 aromatic rings. The Bertz CT molecular complexity index is 1190. The number of fused-ring (bicyclic) bond motifs is 1. The van der Waals surface area contributed by atoms with E-state index in [0.717, 1.165) is 39.1 Å². The molecule has 0 fully saturated rings. The van der Waals surface area contributed by atoms with E-state index in [2.05, 4.69) is 22.2 Å². The van der Waals surface area contributed by atoms with E-state index in [1.807, 2.05) is 44.2 Å². The zero-order chi connectivity index (χ0) is 19.8. The van der Waals surface area contributed by atoms with Gasteiger partial charge in [0.15, 0.2) is 0 Å². The van der Waals surface area contributed by atoms with Crippen molar-refractivity contribution >= 4 is 39.0 Å². The first-order valence-electron chi connectivity index (χ1n) is 8.87. The lowest BCUT2D eigenvalue weighted by Crippen LogP contribution is -2.30. The molecular formula is C20H19N5O2S. The molecule has 28 heavy (non-hydrogen) atoms. The minimum Gasteiger partial charge on any atom is -0.857 e. The SMILES string of the molecule is CCc1c(C)nc2sc(/C([O-])=N/c3c[n+](-c4ccccc4)no3)c(N)c2c1C. The van der Waals surface area contributed by atoms with Crippen molar-refractivity contribution in [2.24, 2.45) is 4.99 Å². The Labute approximate surface area is 165 Å².